The maximum absolute atomic E-state index is 12.8. The van der Waals surface area contributed by atoms with Gasteiger partial charge in [-0.1, -0.05) is 31.2 Å². The van der Waals surface area contributed by atoms with Crippen LogP contribution in [0.15, 0.2) is 12.1 Å². The zero-order valence-corrected chi connectivity index (χ0v) is 16.0. The number of amides is 1. The van der Waals surface area contributed by atoms with E-state index in [9.17, 15) is 4.79 Å². The van der Waals surface area contributed by atoms with Crippen molar-refractivity contribution in [3.63, 3.8) is 0 Å². The van der Waals surface area contributed by atoms with E-state index in [0.29, 0.717) is 36.6 Å². The van der Waals surface area contributed by atoms with Crippen molar-refractivity contribution in [2.75, 3.05) is 27.9 Å². The molecule has 1 aliphatic carbocycles. The molecule has 1 fully saturated rings. The van der Waals surface area contributed by atoms with E-state index < -0.39 is 0 Å². The number of rotatable bonds is 8. The lowest BCUT2D eigenvalue weighted by atomic mass is 9.93. The third kappa shape index (κ3) is 4.63. The summed E-state index contributed by atoms with van der Waals surface area (Å²) in [5.74, 6) is 4.52. The van der Waals surface area contributed by atoms with Gasteiger partial charge in [-0.15, -0.1) is 6.42 Å². The molecule has 5 nitrogen and oxygen atoms in total. The first-order valence-corrected chi connectivity index (χ1v) is 9.17. The van der Waals surface area contributed by atoms with Gasteiger partial charge < -0.3 is 19.1 Å². The minimum Gasteiger partial charge on any atom is -0.493 e. The molecule has 0 aliphatic heterocycles. The summed E-state index contributed by atoms with van der Waals surface area (Å²) < 4.78 is 16.2. The van der Waals surface area contributed by atoms with Crippen LogP contribution in [0.2, 0.25) is 0 Å². The Morgan fingerprint density at radius 3 is 2.38 bits per heavy atom. The molecular formula is C21H29NO4. The van der Waals surface area contributed by atoms with E-state index >= 15 is 0 Å². The van der Waals surface area contributed by atoms with E-state index in [2.05, 4.69) is 5.92 Å². The van der Waals surface area contributed by atoms with Gasteiger partial charge in [-0.05, 0) is 30.9 Å². The standard InChI is InChI=1S/C21H29NO4/c1-5-15-22(17-9-7-6-8-10-17)19(23)14-12-16-11-13-18(24-2)21(26-4)20(16)25-3/h1,11,13,17H,6-10,12,14-15H2,2-4H3. The Balaban J connectivity index is 2.11. The van der Waals surface area contributed by atoms with Crippen molar-refractivity contribution >= 4 is 5.91 Å². The number of ether oxygens (including phenoxy) is 3. The first-order valence-electron chi connectivity index (χ1n) is 9.17. The Hall–Kier alpha value is -2.35. The van der Waals surface area contributed by atoms with Gasteiger partial charge >= 0.3 is 0 Å². The molecule has 0 unspecified atom stereocenters. The number of nitrogens with zero attached hydrogens (tertiary/aromatic N) is 1. The van der Waals surface area contributed by atoms with Crippen molar-refractivity contribution in [3.8, 4) is 29.6 Å². The van der Waals surface area contributed by atoms with E-state index in [-0.39, 0.29) is 11.9 Å². The first kappa shape index (κ1) is 20.0. The van der Waals surface area contributed by atoms with Crippen molar-refractivity contribution < 1.29 is 19.0 Å². The average molecular weight is 359 g/mol. The predicted octanol–water partition coefficient (Wildman–Crippen LogP) is 3.44. The summed E-state index contributed by atoms with van der Waals surface area (Å²) in [4.78, 5) is 14.7. The molecule has 1 saturated carbocycles. The fraction of sp³-hybridized carbons (Fsp3) is 0.571. The van der Waals surface area contributed by atoms with Gasteiger partial charge in [0.1, 0.15) is 0 Å². The third-order valence-electron chi connectivity index (χ3n) is 4.99. The highest BCUT2D eigenvalue weighted by Crippen LogP contribution is 2.40. The summed E-state index contributed by atoms with van der Waals surface area (Å²) in [7, 11) is 4.75. The number of methoxy groups -OCH3 is 3. The van der Waals surface area contributed by atoms with E-state index in [1.165, 1.54) is 19.3 Å². The van der Waals surface area contributed by atoms with Gasteiger partial charge in [0, 0.05) is 12.5 Å². The number of carbonyl (C=O) groups is 1. The second-order valence-electron chi connectivity index (χ2n) is 6.51. The molecule has 0 radical (unpaired) electrons. The van der Waals surface area contributed by atoms with Crippen LogP contribution in [0.4, 0.5) is 0 Å². The quantitative estimate of drug-likeness (QED) is 0.667. The number of hydrogen-bond donors (Lipinski definition) is 0. The Kier molecular flexibility index (Phi) is 7.65. The van der Waals surface area contributed by atoms with Gasteiger partial charge in [-0.3, -0.25) is 4.79 Å². The SMILES string of the molecule is C#CCN(C(=O)CCc1ccc(OC)c(OC)c1OC)C1CCCCC1. The minimum absolute atomic E-state index is 0.103. The Bertz CT molecular complexity index is 644. The summed E-state index contributed by atoms with van der Waals surface area (Å²) in [6.07, 6.45) is 12.1. The van der Waals surface area contributed by atoms with Crippen molar-refractivity contribution in [2.24, 2.45) is 0 Å². The molecule has 0 heterocycles. The van der Waals surface area contributed by atoms with Crippen LogP contribution in [0.1, 0.15) is 44.1 Å². The summed E-state index contributed by atoms with van der Waals surface area (Å²) in [6, 6.07) is 4.03. The molecule has 0 spiro atoms. The van der Waals surface area contributed by atoms with Crippen LogP contribution in [0.3, 0.4) is 0 Å². The van der Waals surface area contributed by atoms with E-state index in [4.69, 9.17) is 20.6 Å². The number of carbonyl (C=O) groups excluding carboxylic acids is 1. The molecule has 142 valence electrons. The molecule has 0 N–H and O–H groups in total. The molecule has 0 saturated heterocycles. The number of aryl methyl sites for hydroxylation is 1. The number of hydrogen-bond acceptors (Lipinski definition) is 4. The van der Waals surface area contributed by atoms with Crippen molar-refractivity contribution in [1.82, 2.24) is 4.90 Å². The van der Waals surface area contributed by atoms with Crippen LogP contribution in [-0.2, 0) is 11.2 Å². The highest BCUT2D eigenvalue weighted by atomic mass is 16.5. The molecule has 1 aromatic carbocycles. The summed E-state index contributed by atoms with van der Waals surface area (Å²) in [5, 5.41) is 0. The van der Waals surface area contributed by atoms with Crippen LogP contribution >= 0.6 is 0 Å². The number of terminal acetylenes is 1. The summed E-state index contributed by atoms with van der Waals surface area (Å²) in [6.45, 7) is 0.382. The van der Waals surface area contributed by atoms with Crippen molar-refractivity contribution in [1.29, 1.82) is 0 Å². The smallest absolute Gasteiger partial charge is 0.223 e. The molecule has 1 aromatic rings. The maximum atomic E-state index is 12.8. The van der Waals surface area contributed by atoms with Crippen molar-refractivity contribution in [3.05, 3.63) is 17.7 Å². The molecule has 0 atom stereocenters. The molecular weight excluding hydrogens is 330 g/mol. The van der Waals surface area contributed by atoms with Gasteiger partial charge in [0.05, 0.1) is 27.9 Å². The lowest BCUT2D eigenvalue weighted by molar-refractivity contribution is -0.133. The van der Waals surface area contributed by atoms with Crippen molar-refractivity contribution in [2.45, 2.75) is 51.0 Å². The average Bonchev–Trinajstić information content (AvgIpc) is 2.69. The second-order valence-corrected chi connectivity index (χ2v) is 6.51. The molecule has 2 rings (SSSR count). The lowest BCUT2D eigenvalue weighted by Gasteiger charge is -2.33. The van der Waals surface area contributed by atoms with Gasteiger partial charge in [0.25, 0.3) is 0 Å². The summed E-state index contributed by atoms with van der Waals surface area (Å²) >= 11 is 0. The zero-order chi connectivity index (χ0) is 18.9. The first-order chi connectivity index (χ1) is 12.7. The van der Waals surface area contributed by atoms with Crippen LogP contribution in [0, 0.1) is 12.3 Å². The topological polar surface area (TPSA) is 48.0 Å². The van der Waals surface area contributed by atoms with Gasteiger partial charge in [-0.25, -0.2) is 0 Å². The van der Waals surface area contributed by atoms with E-state index in [1.807, 2.05) is 17.0 Å². The van der Waals surface area contributed by atoms with Crippen LogP contribution in [0.25, 0.3) is 0 Å². The molecule has 0 aromatic heterocycles. The Labute approximate surface area is 156 Å². The van der Waals surface area contributed by atoms with E-state index in [0.717, 1.165) is 18.4 Å². The molecule has 1 aliphatic rings. The lowest BCUT2D eigenvalue weighted by Crippen LogP contribution is -2.41. The molecule has 26 heavy (non-hydrogen) atoms. The predicted molar refractivity (Wildman–Crippen MR) is 102 cm³/mol. The number of benzene rings is 1. The fourth-order valence-corrected chi connectivity index (χ4v) is 3.66. The zero-order valence-electron chi connectivity index (χ0n) is 16.0. The molecule has 1 amide bonds. The largest absolute Gasteiger partial charge is 0.493 e. The highest BCUT2D eigenvalue weighted by molar-refractivity contribution is 5.77. The second kappa shape index (κ2) is 9.96. The third-order valence-corrected chi connectivity index (χ3v) is 4.99. The highest BCUT2D eigenvalue weighted by Gasteiger charge is 2.25. The van der Waals surface area contributed by atoms with E-state index in [1.54, 1.807) is 21.3 Å². The summed E-state index contributed by atoms with van der Waals surface area (Å²) in [5.41, 5.74) is 0.919. The molecule has 0 bridgehead atoms. The normalized spacial score (nSPS) is 14.4. The van der Waals surface area contributed by atoms with Crippen LogP contribution < -0.4 is 14.2 Å². The van der Waals surface area contributed by atoms with Crippen LogP contribution in [0.5, 0.6) is 17.2 Å². The monoisotopic (exact) mass is 359 g/mol. The van der Waals surface area contributed by atoms with Gasteiger partial charge in [-0.2, -0.15) is 0 Å². The van der Waals surface area contributed by atoms with Crippen LogP contribution in [-0.4, -0.2) is 44.7 Å². The van der Waals surface area contributed by atoms with Gasteiger partial charge in [0.2, 0.25) is 11.7 Å². The molecule has 5 heteroatoms. The fourth-order valence-electron chi connectivity index (χ4n) is 3.66. The van der Waals surface area contributed by atoms with Gasteiger partial charge in [0.15, 0.2) is 11.5 Å². The maximum Gasteiger partial charge on any atom is 0.223 e. The Morgan fingerprint density at radius 1 is 1.12 bits per heavy atom. The minimum atomic E-state index is 0.103. The Morgan fingerprint density at radius 2 is 1.81 bits per heavy atom.